The number of hydrogen-bond donors (Lipinski definition) is 9. The van der Waals surface area contributed by atoms with Gasteiger partial charge >= 0.3 is 12.2 Å². The van der Waals surface area contributed by atoms with Crippen molar-refractivity contribution >= 4 is 18.1 Å². The van der Waals surface area contributed by atoms with Gasteiger partial charge in [0.15, 0.2) is 0 Å². The fraction of sp³-hybridized carbons (Fsp3) is 0.833. The number of allylic oxidation sites excluding steroid dienone is 1. The van der Waals surface area contributed by atoms with Crippen LogP contribution in [0.25, 0.3) is 0 Å². The van der Waals surface area contributed by atoms with E-state index >= 15 is 0 Å². The molecule has 0 aliphatic rings. The molecule has 0 fully saturated rings. The van der Waals surface area contributed by atoms with Gasteiger partial charge in [-0.1, -0.05) is 6.08 Å². The van der Waals surface area contributed by atoms with Crippen molar-refractivity contribution in [3.8, 4) is 0 Å². The zero-order valence-electron chi connectivity index (χ0n) is 27.4. The number of alkyl carbamates (subject to hydrolysis) is 2. The largest absolute Gasteiger partial charge is 0.447 e. The standard InChI is InChI=1S/C30H63N9O5/c1-3-12-28(44-30(42)38-24-11-22-36-18-7-5-16-34-20-9-14-32)27(39-26(2)40)25-43-29(41)37-23-10-21-35-17-6-4-15-33-19-8-13-31/h3,12,27-28,33-36H,4-11,13-25,31-32H2,1-2H3,(H,37,41)(H,38,42)(H,39,40)/b12-3+. The first-order chi connectivity index (χ1) is 21.4. The molecule has 0 saturated heterocycles. The molecule has 44 heavy (non-hydrogen) atoms. The monoisotopic (exact) mass is 629 g/mol. The number of carbonyl (C=O) groups excluding carboxylic acids is 3. The van der Waals surface area contributed by atoms with Gasteiger partial charge in [0.2, 0.25) is 5.91 Å². The lowest BCUT2D eigenvalue weighted by Crippen LogP contribution is -2.48. The Morgan fingerprint density at radius 1 is 0.636 bits per heavy atom. The summed E-state index contributed by atoms with van der Waals surface area (Å²) in [6.45, 7) is 12.6. The van der Waals surface area contributed by atoms with Crippen LogP contribution in [0, 0.1) is 0 Å². The summed E-state index contributed by atoms with van der Waals surface area (Å²) in [6.07, 6.45) is 9.21. The van der Waals surface area contributed by atoms with Crippen LogP contribution in [-0.2, 0) is 14.3 Å². The predicted octanol–water partition coefficient (Wildman–Crippen LogP) is 0.285. The van der Waals surface area contributed by atoms with Crippen molar-refractivity contribution in [1.29, 1.82) is 0 Å². The van der Waals surface area contributed by atoms with Gasteiger partial charge in [-0.15, -0.1) is 0 Å². The van der Waals surface area contributed by atoms with Crippen molar-refractivity contribution < 1.29 is 23.9 Å². The second-order valence-corrected chi connectivity index (χ2v) is 10.6. The third-order valence-corrected chi connectivity index (χ3v) is 6.43. The van der Waals surface area contributed by atoms with Crippen molar-refractivity contribution in [1.82, 2.24) is 37.2 Å². The highest BCUT2D eigenvalue weighted by atomic mass is 16.6. The molecule has 14 heteroatoms. The third kappa shape index (κ3) is 28.3. The molecule has 258 valence electrons. The van der Waals surface area contributed by atoms with Gasteiger partial charge in [0, 0.05) is 20.0 Å². The molecule has 11 N–H and O–H groups in total. The minimum atomic E-state index is -0.812. The Hall–Kier alpha value is -2.49. The number of rotatable bonds is 30. The van der Waals surface area contributed by atoms with E-state index < -0.39 is 24.3 Å². The molecule has 0 aromatic heterocycles. The molecule has 0 rings (SSSR count). The maximum absolute atomic E-state index is 12.4. The molecule has 0 heterocycles. The van der Waals surface area contributed by atoms with Crippen molar-refractivity contribution in [2.45, 2.75) is 77.4 Å². The van der Waals surface area contributed by atoms with Gasteiger partial charge in [-0.05, 0) is 130 Å². The lowest BCUT2D eigenvalue weighted by molar-refractivity contribution is -0.120. The number of nitrogens with two attached hydrogens (primary N) is 2. The van der Waals surface area contributed by atoms with E-state index in [1.54, 1.807) is 19.1 Å². The van der Waals surface area contributed by atoms with Gasteiger partial charge in [-0.2, -0.15) is 0 Å². The Morgan fingerprint density at radius 3 is 1.50 bits per heavy atom. The van der Waals surface area contributed by atoms with Gasteiger partial charge in [-0.3, -0.25) is 4.79 Å². The van der Waals surface area contributed by atoms with Crippen LogP contribution >= 0.6 is 0 Å². The van der Waals surface area contributed by atoms with E-state index in [4.69, 9.17) is 20.9 Å². The Bertz CT molecular complexity index is 731. The summed E-state index contributed by atoms with van der Waals surface area (Å²) in [5.74, 6) is -0.327. The smallest absolute Gasteiger partial charge is 0.407 e. The molecule has 0 radical (unpaired) electrons. The van der Waals surface area contributed by atoms with E-state index in [0.29, 0.717) is 26.2 Å². The van der Waals surface area contributed by atoms with Gasteiger partial charge in [0.05, 0.1) is 0 Å². The Labute approximate surface area is 265 Å². The SMILES string of the molecule is C/C=C/C(OC(=O)NCCCNCCCCNCCCN)C(COC(=O)NCCCNCCCCNCCCN)NC(C)=O. The maximum Gasteiger partial charge on any atom is 0.407 e. The maximum atomic E-state index is 12.4. The van der Waals surface area contributed by atoms with Crippen molar-refractivity contribution in [3.05, 3.63) is 12.2 Å². The summed E-state index contributed by atoms with van der Waals surface area (Å²) in [5, 5.41) is 21.6. The Morgan fingerprint density at radius 2 is 1.07 bits per heavy atom. The van der Waals surface area contributed by atoms with Crippen LogP contribution in [0.15, 0.2) is 12.2 Å². The number of unbranched alkanes of at least 4 members (excludes halogenated alkanes) is 2. The molecule has 0 aromatic carbocycles. The molecule has 0 aliphatic heterocycles. The summed E-state index contributed by atoms with van der Waals surface area (Å²) < 4.78 is 10.9. The summed E-state index contributed by atoms with van der Waals surface area (Å²) >= 11 is 0. The van der Waals surface area contributed by atoms with Crippen LogP contribution < -0.4 is 48.7 Å². The van der Waals surface area contributed by atoms with Crippen molar-refractivity contribution in [2.75, 3.05) is 85.1 Å². The predicted molar refractivity (Wildman–Crippen MR) is 177 cm³/mol. The number of carbonyl (C=O) groups is 3. The zero-order valence-corrected chi connectivity index (χ0v) is 27.4. The molecule has 14 nitrogen and oxygen atoms in total. The molecule has 0 spiro atoms. The first-order valence-electron chi connectivity index (χ1n) is 16.4. The molecule has 3 amide bonds. The van der Waals surface area contributed by atoms with E-state index in [0.717, 1.165) is 104 Å². The Kier molecular flexibility index (Phi) is 30.1. The van der Waals surface area contributed by atoms with Gasteiger partial charge in [-0.25, -0.2) is 9.59 Å². The molecule has 0 aliphatic carbocycles. The second-order valence-electron chi connectivity index (χ2n) is 10.6. The number of ether oxygens (including phenoxy) is 2. The first-order valence-corrected chi connectivity index (χ1v) is 16.4. The normalized spacial score (nSPS) is 12.5. The lowest BCUT2D eigenvalue weighted by Gasteiger charge is -2.25. The van der Waals surface area contributed by atoms with Crippen LogP contribution in [-0.4, -0.2) is 115 Å². The van der Waals surface area contributed by atoms with E-state index in [9.17, 15) is 14.4 Å². The van der Waals surface area contributed by atoms with E-state index in [2.05, 4.69) is 37.2 Å². The second kappa shape index (κ2) is 31.9. The van der Waals surface area contributed by atoms with Crippen molar-refractivity contribution in [2.24, 2.45) is 11.5 Å². The minimum Gasteiger partial charge on any atom is -0.447 e. The van der Waals surface area contributed by atoms with E-state index in [1.807, 2.05) is 0 Å². The highest BCUT2D eigenvalue weighted by Crippen LogP contribution is 2.05. The van der Waals surface area contributed by atoms with Crippen LogP contribution in [0.1, 0.15) is 65.2 Å². The highest BCUT2D eigenvalue weighted by molar-refractivity contribution is 5.73. The van der Waals surface area contributed by atoms with Crippen LogP contribution in [0.3, 0.4) is 0 Å². The zero-order chi connectivity index (χ0) is 32.5. The summed E-state index contributed by atoms with van der Waals surface area (Å²) in [7, 11) is 0. The Balaban J connectivity index is 4.18. The molecular formula is C30H63N9O5. The molecule has 2 unspecified atom stereocenters. The molecule has 2 atom stereocenters. The van der Waals surface area contributed by atoms with Crippen molar-refractivity contribution in [3.63, 3.8) is 0 Å². The minimum absolute atomic E-state index is 0.155. The first kappa shape index (κ1) is 41.5. The average Bonchev–Trinajstić information content (AvgIpc) is 3.00. The van der Waals surface area contributed by atoms with Crippen LogP contribution in [0.2, 0.25) is 0 Å². The third-order valence-electron chi connectivity index (χ3n) is 6.43. The summed E-state index contributed by atoms with van der Waals surface area (Å²) in [5.41, 5.74) is 10.9. The number of hydrogen-bond acceptors (Lipinski definition) is 11. The number of amides is 3. The van der Waals surface area contributed by atoms with Gasteiger partial charge < -0.3 is 58.2 Å². The highest BCUT2D eigenvalue weighted by Gasteiger charge is 2.25. The van der Waals surface area contributed by atoms with Gasteiger partial charge in [0.25, 0.3) is 0 Å². The topological polar surface area (TPSA) is 206 Å². The summed E-state index contributed by atoms with van der Waals surface area (Å²) in [6, 6.07) is -0.738. The fourth-order valence-electron chi connectivity index (χ4n) is 4.07. The molecule has 0 saturated carbocycles. The lowest BCUT2D eigenvalue weighted by atomic mass is 10.1. The molecule has 0 aromatic rings. The molecule has 0 bridgehead atoms. The quantitative estimate of drug-likeness (QED) is 0.0390. The van der Waals surface area contributed by atoms with Gasteiger partial charge in [0.1, 0.15) is 18.8 Å². The van der Waals surface area contributed by atoms with Crippen LogP contribution in [0.5, 0.6) is 0 Å². The van der Waals surface area contributed by atoms with E-state index in [1.165, 1.54) is 6.92 Å². The summed E-state index contributed by atoms with van der Waals surface area (Å²) in [4.78, 5) is 36.5. The number of nitrogens with one attached hydrogen (secondary N) is 7. The fourth-order valence-corrected chi connectivity index (χ4v) is 4.07. The average molecular weight is 630 g/mol. The van der Waals surface area contributed by atoms with E-state index in [-0.39, 0.29) is 12.5 Å². The molecular weight excluding hydrogens is 566 g/mol. The van der Waals surface area contributed by atoms with Crippen LogP contribution in [0.4, 0.5) is 9.59 Å².